The number of likely N-dealkylation sites (tertiary alicyclic amines) is 1. The van der Waals surface area contributed by atoms with Gasteiger partial charge in [-0.05, 0) is 19.3 Å². The minimum atomic E-state index is -0.0547. The Morgan fingerprint density at radius 2 is 2.15 bits per heavy atom. The van der Waals surface area contributed by atoms with Crippen LogP contribution in [-0.2, 0) is 23.1 Å². The monoisotopic (exact) mass is 276 g/mol. The Bertz CT molecular complexity index is 545. The first-order valence-electron chi connectivity index (χ1n) is 7.13. The Morgan fingerprint density at radius 3 is 2.85 bits per heavy atom. The summed E-state index contributed by atoms with van der Waals surface area (Å²) in [7, 11) is 1.91. The number of aromatic nitrogens is 2. The fourth-order valence-corrected chi connectivity index (χ4v) is 3.01. The second-order valence-corrected chi connectivity index (χ2v) is 5.78. The Morgan fingerprint density at radius 1 is 1.40 bits per heavy atom. The molecule has 6 heteroatoms. The summed E-state index contributed by atoms with van der Waals surface area (Å²) >= 11 is 0. The summed E-state index contributed by atoms with van der Waals surface area (Å²) in [6.45, 7) is 2.64. The summed E-state index contributed by atoms with van der Waals surface area (Å²) in [4.78, 5) is 25.0. The molecule has 2 amide bonds. The van der Waals surface area contributed by atoms with Gasteiger partial charge < -0.3 is 10.2 Å². The van der Waals surface area contributed by atoms with Gasteiger partial charge in [-0.3, -0.25) is 14.3 Å². The predicted molar refractivity (Wildman–Crippen MR) is 72.8 cm³/mol. The van der Waals surface area contributed by atoms with Crippen LogP contribution in [0.3, 0.4) is 0 Å². The van der Waals surface area contributed by atoms with Crippen molar-refractivity contribution in [2.24, 2.45) is 13.0 Å². The molecule has 2 heterocycles. The zero-order chi connectivity index (χ0) is 14.3. The van der Waals surface area contributed by atoms with Crippen LogP contribution >= 0.6 is 0 Å². The van der Waals surface area contributed by atoms with Gasteiger partial charge in [-0.25, -0.2) is 0 Å². The molecule has 2 aliphatic rings. The minimum absolute atomic E-state index is 0.0428. The van der Waals surface area contributed by atoms with E-state index < -0.39 is 0 Å². The third-order valence-corrected chi connectivity index (χ3v) is 4.23. The number of carbonyl (C=O) groups excluding carboxylic acids is 2. The average Bonchev–Trinajstić information content (AvgIpc) is 2.68. The second kappa shape index (κ2) is 4.92. The summed E-state index contributed by atoms with van der Waals surface area (Å²) in [6, 6.07) is 0.0753. The number of hydrogen-bond donors (Lipinski definition) is 1. The first-order chi connectivity index (χ1) is 9.54. The molecule has 0 saturated carbocycles. The Labute approximate surface area is 118 Å². The normalized spacial score (nSPS) is 22.1. The third-order valence-electron chi connectivity index (χ3n) is 4.23. The van der Waals surface area contributed by atoms with Crippen molar-refractivity contribution >= 4 is 11.8 Å². The van der Waals surface area contributed by atoms with Crippen LogP contribution in [0.5, 0.6) is 0 Å². The van der Waals surface area contributed by atoms with Gasteiger partial charge in [0.05, 0.1) is 17.7 Å². The molecule has 1 aromatic rings. The lowest BCUT2D eigenvalue weighted by molar-refractivity contribution is -0.141. The van der Waals surface area contributed by atoms with E-state index in [1.165, 1.54) is 6.92 Å². The Hall–Kier alpha value is -1.85. The van der Waals surface area contributed by atoms with Crippen LogP contribution in [0.1, 0.15) is 37.1 Å². The van der Waals surface area contributed by atoms with Crippen LogP contribution in [0, 0.1) is 5.92 Å². The highest BCUT2D eigenvalue weighted by Gasteiger charge is 2.35. The largest absolute Gasteiger partial charge is 0.349 e. The number of rotatable bonds is 2. The highest BCUT2D eigenvalue weighted by atomic mass is 16.2. The van der Waals surface area contributed by atoms with Crippen LogP contribution in [0.15, 0.2) is 6.20 Å². The van der Waals surface area contributed by atoms with Gasteiger partial charge in [-0.1, -0.05) is 0 Å². The maximum Gasteiger partial charge on any atom is 0.227 e. The third kappa shape index (κ3) is 2.30. The molecule has 0 spiro atoms. The smallest absolute Gasteiger partial charge is 0.227 e. The molecule has 1 aromatic heterocycles. The van der Waals surface area contributed by atoms with E-state index in [9.17, 15) is 9.59 Å². The molecule has 1 atom stereocenters. The van der Waals surface area contributed by atoms with Crippen molar-refractivity contribution in [2.75, 3.05) is 13.1 Å². The lowest BCUT2D eigenvalue weighted by Gasteiger charge is -2.38. The number of nitrogens with zero attached hydrogens (tertiary/aromatic N) is 3. The van der Waals surface area contributed by atoms with Crippen molar-refractivity contribution in [1.29, 1.82) is 0 Å². The Kier molecular flexibility index (Phi) is 3.23. The lowest BCUT2D eigenvalue weighted by atomic mass is 9.91. The summed E-state index contributed by atoms with van der Waals surface area (Å²) in [5.74, 6) is 0.0476. The van der Waals surface area contributed by atoms with Gasteiger partial charge in [-0.15, -0.1) is 0 Å². The molecule has 1 saturated heterocycles. The van der Waals surface area contributed by atoms with Crippen molar-refractivity contribution < 1.29 is 9.59 Å². The van der Waals surface area contributed by atoms with E-state index >= 15 is 0 Å². The molecular formula is C14H20N4O2. The lowest BCUT2D eigenvalue weighted by Crippen LogP contribution is -2.55. The SMILES string of the molecule is CC(=O)N1CC(C(=O)NC2CCCc3nn(C)cc32)C1. The standard InChI is InChI=1S/C14H20N4O2/c1-9(19)18-6-10(7-18)14(20)15-12-4-3-5-13-11(12)8-17(2)16-13/h8,10,12H,3-7H2,1-2H3,(H,15,20). The molecule has 6 nitrogen and oxygen atoms in total. The zero-order valence-electron chi connectivity index (χ0n) is 11.9. The van der Waals surface area contributed by atoms with E-state index in [4.69, 9.17) is 0 Å². The number of aryl methyl sites for hydroxylation is 2. The van der Waals surface area contributed by atoms with Crippen LogP contribution < -0.4 is 5.32 Å². The molecule has 3 rings (SSSR count). The molecule has 108 valence electrons. The fraction of sp³-hybridized carbons (Fsp3) is 0.643. The van der Waals surface area contributed by atoms with Crippen LogP contribution in [0.2, 0.25) is 0 Å². The van der Waals surface area contributed by atoms with E-state index in [1.807, 2.05) is 17.9 Å². The molecule has 1 N–H and O–H groups in total. The highest BCUT2D eigenvalue weighted by Crippen LogP contribution is 2.29. The summed E-state index contributed by atoms with van der Waals surface area (Å²) in [6.07, 6.45) is 5.01. The number of nitrogens with one attached hydrogen (secondary N) is 1. The molecule has 1 aliphatic carbocycles. The van der Waals surface area contributed by atoms with Gasteiger partial charge in [-0.2, -0.15) is 5.10 Å². The second-order valence-electron chi connectivity index (χ2n) is 5.78. The maximum atomic E-state index is 12.2. The first-order valence-corrected chi connectivity index (χ1v) is 7.13. The summed E-state index contributed by atoms with van der Waals surface area (Å²) in [5, 5.41) is 7.56. The zero-order valence-corrected chi connectivity index (χ0v) is 11.9. The molecule has 1 fully saturated rings. The van der Waals surface area contributed by atoms with Gasteiger partial charge in [0, 0.05) is 38.8 Å². The quantitative estimate of drug-likeness (QED) is 0.850. The van der Waals surface area contributed by atoms with E-state index in [1.54, 1.807) is 4.90 Å². The highest BCUT2D eigenvalue weighted by molar-refractivity contribution is 5.84. The van der Waals surface area contributed by atoms with Crippen molar-refractivity contribution in [3.8, 4) is 0 Å². The first kappa shape index (κ1) is 13.1. The number of fused-ring (bicyclic) bond motifs is 1. The van der Waals surface area contributed by atoms with Gasteiger partial charge >= 0.3 is 0 Å². The maximum absolute atomic E-state index is 12.2. The molecule has 1 unspecified atom stereocenters. The van der Waals surface area contributed by atoms with Gasteiger partial charge in [0.15, 0.2) is 0 Å². The topological polar surface area (TPSA) is 67.2 Å². The average molecular weight is 276 g/mol. The number of amides is 2. The van der Waals surface area contributed by atoms with E-state index in [0.29, 0.717) is 13.1 Å². The van der Waals surface area contributed by atoms with Crippen LogP contribution in [-0.4, -0.2) is 39.6 Å². The molecule has 0 bridgehead atoms. The van der Waals surface area contributed by atoms with Gasteiger partial charge in [0.2, 0.25) is 11.8 Å². The van der Waals surface area contributed by atoms with Crippen molar-refractivity contribution in [3.63, 3.8) is 0 Å². The molecular weight excluding hydrogens is 256 g/mol. The summed E-state index contributed by atoms with van der Waals surface area (Å²) in [5.41, 5.74) is 2.25. The number of carbonyl (C=O) groups is 2. The van der Waals surface area contributed by atoms with Crippen molar-refractivity contribution in [3.05, 3.63) is 17.5 Å². The fourth-order valence-electron chi connectivity index (χ4n) is 3.01. The Balaban J connectivity index is 1.62. The van der Waals surface area contributed by atoms with E-state index in [0.717, 1.165) is 30.5 Å². The van der Waals surface area contributed by atoms with Crippen LogP contribution in [0.4, 0.5) is 0 Å². The van der Waals surface area contributed by atoms with Crippen molar-refractivity contribution in [1.82, 2.24) is 20.0 Å². The molecule has 0 radical (unpaired) electrons. The molecule has 0 aromatic carbocycles. The molecule has 20 heavy (non-hydrogen) atoms. The summed E-state index contributed by atoms with van der Waals surface area (Å²) < 4.78 is 1.82. The number of hydrogen-bond acceptors (Lipinski definition) is 3. The molecule has 1 aliphatic heterocycles. The van der Waals surface area contributed by atoms with Crippen molar-refractivity contribution in [2.45, 2.75) is 32.2 Å². The van der Waals surface area contributed by atoms with Gasteiger partial charge in [0.25, 0.3) is 0 Å². The van der Waals surface area contributed by atoms with Crippen LogP contribution in [0.25, 0.3) is 0 Å². The van der Waals surface area contributed by atoms with E-state index in [2.05, 4.69) is 10.4 Å². The van der Waals surface area contributed by atoms with E-state index in [-0.39, 0.29) is 23.8 Å². The van der Waals surface area contributed by atoms with Gasteiger partial charge in [0.1, 0.15) is 0 Å². The predicted octanol–water partition coefficient (Wildman–Crippen LogP) is 0.392. The minimum Gasteiger partial charge on any atom is -0.349 e.